The van der Waals surface area contributed by atoms with Gasteiger partial charge in [0.15, 0.2) is 6.10 Å². The number of nitrogens with zero attached hydrogens (tertiary/aromatic N) is 4. The molecule has 0 bridgehead atoms. The normalized spacial score (nSPS) is 15.0. The topological polar surface area (TPSA) is 129 Å². The van der Waals surface area contributed by atoms with Crippen LogP contribution in [0.1, 0.15) is 42.1 Å². The van der Waals surface area contributed by atoms with Crippen LogP contribution in [0.5, 0.6) is 0 Å². The third-order valence-corrected chi connectivity index (χ3v) is 5.68. The maximum atomic E-state index is 13.9. The first kappa shape index (κ1) is 23.9. The number of ether oxygens (including phenoxy) is 1. The van der Waals surface area contributed by atoms with Gasteiger partial charge in [0.2, 0.25) is 5.89 Å². The van der Waals surface area contributed by atoms with Gasteiger partial charge in [0.05, 0.1) is 16.4 Å². The second-order valence-electron chi connectivity index (χ2n) is 8.02. The van der Waals surface area contributed by atoms with Crippen LogP contribution in [0, 0.1) is 27.7 Å². The van der Waals surface area contributed by atoms with E-state index in [9.17, 15) is 28.5 Å². The van der Waals surface area contributed by atoms with Gasteiger partial charge in [0, 0.05) is 36.9 Å². The molecule has 0 radical (unpaired) electrons. The number of nitro groups is 1. The molecule has 0 aliphatic carbocycles. The molecular weight excluding hydrogens is 466 g/mol. The first-order chi connectivity index (χ1) is 16.7. The van der Waals surface area contributed by atoms with E-state index in [0.29, 0.717) is 24.5 Å². The van der Waals surface area contributed by atoms with Crippen molar-refractivity contribution in [2.45, 2.75) is 25.9 Å². The number of carbonyl (C=O) groups is 2. The molecule has 1 aliphatic rings. The van der Waals surface area contributed by atoms with Crippen LogP contribution < -0.4 is 0 Å². The summed E-state index contributed by atoms with van der Waals surface area (Å²) in [6.07, 6.45) is -0.203. The first-order valence-electron chi connectivity index (χ1n) is 10.8. The van der Waals surface area contributed by atoms with Crippen LogP contribution in [0.4, 0.5) is 14.5 Å². The van der Waals surface area contributed by atoms with Gasteiger partial charge in [-0.1, -0.05) is 0 Å². The fourth-order valence-electron chi connectivity index (χ4n) is 3.71. The summed E-state index contributed by atoms with van der Waals surface area (Å²) in [5, 5.41) is 18.6. The van der Waals surface area contributed by atoms with Crippen LogP contribution in [0.15, 0.2) is 46.9 Å². The van der Waals surface area contributed by atoms with Crippen molar-refractivity contribution in [3.63, 3.8) is 0 Å². The zero-order chi connectivity index (χ0) is 25.1. The summed E-state index contributed by atoms with van der Waals surface area (Å²) in [5.41, 5.74) is 0.176. The van der Waals surface area contributed by atoms with Gasteiger partial charge in [0.1, 0.15) is 11.6 Å². The fourth-order valence-corrected chi connectivity index (χ4v) is 3.71. The number of aromatic nitrogens is 2. The quantitative estimate of drug-likeness (QED) is 0.290. The van der Waals surface area contributed by atoms with Gasteiger partial charge < -0.3 is 14.1 Å². The van der Waals surface area contributed by atoms with Gasteiger partial charge in [-0.05, 0) is 44.0 Å². The average Bonchev–Trinajstić information content (AvgIpc) is 3.34. The summed E-state index contributed by atoms with van der Waals surface area (Å²) in [4.78, 5) is 36.8. The Morgan fingerprint density at radius 1 is 1.14 bits per heavy atom. The van der Waals surface area contributed by atoms with E-state index >= 15 is 0 Å². The Bertz CT molecular complexity index is 1260. The molecule has 1 atom stereocenters. The SMILES string of the molecule is CC(OC(=O)C1CCN(C(=O)c2ccc(F)cc2F)CC1)c1nnc(-c2ccc([N+](=O)[O-])cc2)o1. The highest BCUT2D eigenvalue weighted by Crippen LogP contribution is 2.27. The predicted octanol–water partition coefficient (Wildman–Crippen LogP) is 4.08. The molecule has 35 heavy (non-hydrogen) atoms. The Balaban J connectivity index is 1.32. The summed E-state index contributed by atoms with van der Waals surface area (Å²) in [7, 11) is 0. The van der Waals surface area contributed by atoms with E-state index in [4.69, 9.17) is 9.15 Å². The van der Waals surface area contributed by atoms with E-state index in [1.165, 1.54) is 29.2 Å². The highest BCUT2D eigenvalue weighted by atomic mass is 19.1. The molecule has 0 saturated carbocycles. The summed E-state index contributed by atoms with van der Waals surface area (Å²) in [6.45, 7) is 2.00. The number of non-ortho nitro benzene ring substituents is 1. The van der Waals surface area contributed by atoms with E-state index in [1.54, 1.807) is 6.92 Å². The number of rotatable bonds is 6. The monoisotopic (exact) mass is 486 g/mol. The molecule has 2 heterocycles. The van der Waals surface area contributed by atoms with Gasteiger partial charge in [-0.3, -0.25) is 19.7 Å². The molecule has 1 aromatic heterocycles. The molecule has 10 nitrogen and oxygen atoms in total. The molecule has 1 saturated heterocycles. The van der Waals surface area contributed by atoms with Gasteiger partial charge >= 0.3 is 5.97 Å². The molecule has 3 aromatic rings. The summed E-state index contributed by atoms with van der Waals surface area (Å²) < 4.78 is 38.0. The molecule has 2 aromatic carbocycles. The van der Waals surface area contributed by atoms with Crippen molar-refractivity contribution in [2.24, 2.45) is 5.92 Å². The van der Waals surface area contributed by atoms with Crippen molar-refractivity contribution >= 4 is 17.6 Å². The summed E-state index contributed by atoms with van der Waals surface area (Å²) in [5.74, 6) is -3.05. The second-order valence-corrected chi connectivity index (χ2v) is 8.02. The number of esters is 1. The number of amides is 1. The van der Waals surface area contributed by atoms with E-state index in [-0.39, 0.29) is 36.1 Å². The van der Waals surface area contributed by atoms with E-state index < -0.39 is 40.5 Å². The number of hydrogen-bond donors (Lipinski definition) is 0. The van der Waals surface area contributed by atoms with E-state index in [2.05, 4.69) is 10.2 Å². The number of piperidine rings is 1. The molecule has 12 heteroatoms. The first-order valence-corrected chi connectivity index (χ1v) is 10.8. The Kier molecular flexibility index (Phi) is 6.80. The Morgan fingerprint density at radius 3 is 2.46 bits per heavy atom. The smallest absolute Gasteiger partial charge is 0.309 e. The minimum Gasteiger partial charge on any atom is -0.452 e. The molecule has 182 valence electrons. The third kappa shape index (κ3) is 5.31. The summed E-state index contributed by atoms with van der Waals surface area (Å²) >= 11 is 0. The van der Waals surface area contributed by atoms with Crippen molar-refractivity contribution in [1.82, 2.24) is 15.1 Å². The van der Waals surface area contributed by atoms with Crippen LogP contribution in [-0.4, -0.2) is 45.0 Å². The third-order valence-electron chi connectivity index (χ3n) is 5.68. The largest absolute Gasteiger partial charge is 0.452 e. The number of halogens is 2. The van der Waals surface area contributed by atoms with E-state index in [0.717, 1.165) is 12.1 Å². The number of carbonyl (C=O) groups excluding carboxylic acids is 2. The standard InChI is InChI=1S/C23H20F2N4O6/c1-13(20-26-27-21(35-20)14-2-5-17(6-3-14)29(32)33)34-23(31)15-8-10-28(11-9-15)22(30)18-7-4-16(24)12-19(18)25/h2-7,12-13,15H,8-11H2,1H3. The Morgan fingerprint density at radius 2 is 1.83 bits per heavy atom. The second kappa shape index (κ2) is 9.95. The molecule has 1 fully saturated rings. The van der Waals surface area contributed by atoms with Crippen molar-refractivity contribution < 1.29 is 32.4 Å². The number of hydrogen-bond acceptors (Lipinski definition) is 8. The van der Waals surface area contributed by atoms with Crippen LogP contribution in [0.2, 0.25) is 0 Å². The van der Waals surface area contributed by atoms with Crippen LogP contribution in [0.3, 0.4) is 0 Å². The maximum absolute atomic E-state index is 13.9. The lowest BCUT2D eigenvalue weighted by molar-refractivity contribution is -0.384. The van der Waals surface area contributed by atoms with Crippen LogP contribution in [0.25, 0.3) is 11.5 Å². The van der Waals surface area contributed by atoms with Crippen molar-refractivity contribution in [1.29, 1.82) is 0 Å². The maximum Gasteiger partial charge on any atom is 0.309 e. The Hall–Kier alpha value is -4.22. The number of benzene rings is 2. The minimum atomic E-state index is -0.932. The van der Waals surface area contributed by atoms with Gasteiger partial charge in [-0.15, -0.1) is 10.2 Å². The van der Waals surface area contributed by atoms with Crippen molar-refractivity contribution in [3.05, 3.63) is 75.7 Å². The number of likely N-dealkylation sites (tertiary alicyclic amines) is 1. The molecule has 4 rings (SSSR count). The lowest BCUT2D eigenvalue weighted by atomic mass is 9.96. The zero-order valence-corrected chi connectivity index (χ0v) is 18.5. The Labute approximate surface area is 197 Å². The number of nitro benzene ring substituents is 1. The molecule has 1 unspecified atom stereocenters. The molecule has 0 spiro atoms. The van der Waals surface area contributed by atoms with Gasteiger partial charge in [-0.25, -0.2) is 8.78 Å². The lowest BCUT2D eigenvalue weighted by Crippen LogP contribution is -2.41. The predicted molar refractivity (Wildman–Crippen MR) is 116 cm³/mol. The molecule has 1 aliphatic heterocycles. The average molecular weight is 486 g/mol. The van der Waals surface area contributed by atoms with Crippen LogP contribution in [-0.2, 0) is 9.53 Å². The molecule has 0 N–H and O–H groups in total. The lowest BCUT2D eigenvalue weighted by Gasteiger charge is -2.31. The zero-order valence-electron chi connectivity index (χ0n) is 18.5. The summed E-state index contributed by atoms with van der Waals surface area (Å²) in [6, 6.07) is 8.34. The van der Waals surface area contributed by atoms with Gasteiger partial charge in [-0.2, -0.15) is 0 Å². The highest BCUT2D eigenvalue weighted by molar-refractivity contribution is 5.94. The van der Waals surface area contributed by atoms with E-state index in [1.807, 2.05) is 0 Å². The highest BCUT2D eigenvalue weighted by Gasteiger charge is 2.31. The van der Waals surface area contributed by atoms with Crippen LogP contribution >= 0.6 is 0 Å². The van der Waals surface area contributed by atoms with Gasteiger partial charge in [0.25, 0.3) is 17.5 Å². The van der Waals surface area contributed by atoms with Crippen molar-refractivity contribution in [2.75, 3.05) is 13.1 Å². The molecular formula is C23H20F2N4O6. The molecule has 1 amide bonds. The fraction of sp³-hybridized carbons (Fsp3) is 0.304. The minimum absolute atomic E-state index is 0.0612. The van der Waals surface area contributed by atoms with Crippen molar-refractivity contribution in [3.8, 4) is 11.5 Å².